The fourth-order valence-electron chi connectivity index (χ4n) is 0.240. The maximum absolute atomic E-state index is 10.1. The number of carbonyl (C=O) groups is 1. The Morgan fingerprint density at radius 1 is 1.88 bits per heavy atom. The number of hydrogen-bond acceptors (Lipinski definition) is 3. The van der Waals surface area contributed by atoms with Crippen LogP contribution in [0.2, 0.25) is 0 Å². The highest BCUT2D eigenvalue weighted by molar-refractivity contribution is 6.64. The molecule has 0 fully saturated rings. The van der Waals surface area contributed by atoms with Crippen molar-refractivity contribution in [2.75, 3.05) is 20.7 Å². The van der Waals surface area contributed by atoms with Crippen LogP contribution in [0.3, 0.4) is 0 Å². The van der Waals surface area contributed by atoms with Gasteiger partial charge in [0.2, 0.25) is 5.24 Å². The van der Waals surface area contributed by atoms with Crippen molar-refractivity contribution >= 4 is 16.8 Å². The van der Waals surface area contributed by atoms with Gasteiger partial charge in [0.05, 0.1) is 13.7 Å². The molecular weight excluding hydrogens is 130 g/mol. The van der Waals surface area contributed by atoms with Crippen LogP contribution in [0.5, 0.6) is 0 Å². The van der Waals surface area contributed by atoms with Crippen LogP contribution < -0.4 is 0 Å². The first kappa shape index (κ1) is 7.88. The number of rotatable bonds is 3. The van der Waals surface area contributed by atoms with Crippen LogP contribution in [0, 0.1) is 0 Å². The lowest BCUT2D eigenvalue weighted by Crippen LogP contribution is -2.21. The van der Waals surface area contributed by atoms with Gasteiger partial charge in [-0.15, -0.1) is 0 Å². The second kappa shape index (κ2) is 3.83. The standard InChI is InChI=1S/C4H8ClNO2/c1-6(8-2)3-4(5)7/h3H2,1-2H3. The molecule has 0 saturated heterocycles. The molecule has 0 heterocycles. The van der Waals surface area contributed by atoms with Crippen molar-refractivity contribution in [1.29, 1.82) is 0 Å². The number of hydroxylamine groups is 2. The Kier molecular flexibility index (Phi) is 3.77. The molecule has 0 aliphatic heterocycles. The van der Waals surface area contributed by atoms with Gasteiger partial charge in [-0.3, -0.25) is 4.79 Å². The summed E-state index contributed by atoms with van der Waals surface area (Å²) in [5, 5.41) is 0.921. The van der Waals surface area contributed by atoms with Gasteiger partial charge in [-0.2, -0.15) is 5.06 Å². The minimum atomic E-state index is -0.422. The lowest BCUT2D eigenvalue weighted by atomic mass is 10.7. The minimum Gasteiger partial charge on any atom is -0.302 e. The Morgan fingerprint density at radius 2 is 2.38 bits per heavy atom. The topological polar surface area (TPSA) is 29.5 Å². The molecule has 0 rings (SSSR count). The lowest BCUT2D eigenvalue weighted by Gasteiger charge is -2.08. The van der Waals surface area contributed by atoms with Crippen molar-refractivity contribution in [2.45, 2.75) is 0 Å². The second-order valence-corrected chi connectivity index (χ2v) is 1.75. The summed E-state index contributed by atoms with van der Waals surface area (Å²) in [6.45, 7) is 0.123. The van der Waals surface area contributed by atoms with Gasteiger partial charge in [-0.05, 0) is 11.6 Å². The summed E-state index contributed by atoms with van der Waals surface area (Å²) in [7, 11) is 3.10. The summed E-state index contributed by atoms with van der Waals surface area (Å²) in [5.41, 5.74) is 0. The number of halogens is 1. The third kappa shape index (κ3) is 4.05. The molecule has 0 aliphatic rings. The smallest absolute Gasteiger partial charge is 0.238 e. The molecule has 3 nitrogen and oxygen atoms in total. The fourth-order valence-corrected chi connectivity index (χ4v) is 0.408. The van der Waals surface area contributed by atoms with Gasteiger partial charge in [0.25, 0.3) is 0 Å². The Balaban J connectivity index is 3.24. The fraction of sp³-hybridized carbons (Fsp3) is 0.750. The summed E-state index contributed by atoms with van der Waals surface area (Å²) in [6.07, 6.45) is 0. The summed E-state index contributed by atoms with van der Waals surface area (Å²) in [4.78, 5) is 14.6. The summed E-state index contributed by atoms with van der Waals surface area (Å²) < 4.78 is 0. The van der Waals surface area contributed by atoms with Gasteiger partial charge in [0.1, 0.15) is 0 Å². The Morgan fingerprint density at radius 3 is 2.50 bits per heavy atom. The van der Waals surface area contributed by atoms with E-state index in [4.69, 9.17) is 11.6 Å². The molecule has 0 aromatic carbocycles. The van der Waals surface area contributed by atoms with Gasteiger partial charge in [-0.25, -0.2) is 0 Å². The summed E-state index contributed by atoms with van der Waals surface area (Å²) in [6, 6.07) is 0. The van der Waals surface area contributed by atoms with E-state index in [0.29, 0.717) is 0 Å². The third-order valence-corrected chi connectivity index (χ3v) is 0.778. The predicted molar refractivity (Wildman–Crippen MR) is 30.5 cm³/mol. The molecule has 8 heavy (non-hydrogen) atoms. The first-order chi connectivity index (χ1) is 3.66. The maximum atomic E-state index is 10.1. The summed E-state index contributed by atoms with van der Waals surface area (Å²) >= 11 is 4.99. The van der Waals surface area contributed by atoms with E-state index in [1.54, 1.807) is 7.05 Å². The van der Waals surface area contributed by atoms with Crippen molar-refractivity contribution in [1.82, 2.24) is 5.06 Å². The highest BCUT2D eigenvalue weighted by Gasteiger charge is 1.99. The van der Waals surface area contributed by atoms with Crippen molar-refractivity contribution in [3.63, 3.8) is 0 Å². The molecule has 48 valence electrons. The molecule has 0 bridgehead atoms. The van der Waals surface area contributed by atoms with E-state index in [0.717, 1.165) is 0 Å². The largest absolute Gasteiger partial charge is 0.302 e. The average Bonchev–Trinajstić information content (AvgIpc) is 1.65. The van der Waals surface area contributed by atoms with Crippen molar-refractivity contribution in [3.05, 3.63) is 0 Å². The Hall–Kier alpha value is -0.120. The third-order valence-electron chi connectivity index (χ3n) is 0.659. The Labute approximate surface area is 53.1 Å². The van der Waals surface area contributed by atoms with Gasteiger partial charge in [0, 0.05) is 7.05 Å². The van der Waals surface area contributed by atoms with E-state index < -0.39 is 5.24 Å². The quantitative estimate of drug-likeness (QED) is 0.413. The molecule has 0 aromatic rings. The molecule has 0 amide bonds. The molecule has 0 aliphatic carbocycles. The molecule has 0 spiro atoms. The van der Waals surface area contributed by atoms with E-state index in [1.807, 2.05) is 0 Å². The van der Waals surface area contributed by atoms with E-state index in [9.17, 15) is 4.79 Å². The number of carbonyl (C=O) groups excluding carboxylic acids is 1. The minimum absolute atomic E-state index is 0.123. The van der Waals surface area contributed by atoms with Gasteiger partial charge in [0.15, 0.2) is 0 Å². The van der Waals surface area contributed by atoms with Crippen molar-refractivity contribution in [2.24, 2.45) is 0 Å². The molecule has 4 heteroatoms. The van der Waals surface area contributed by atoms with Crippen LogP contribution in [-0.4, -0.2) is 31.0 Å². The van der Waals surface area contributed by atoms with Gasteiger partial charge in [-0.1, -0.05) is 0 Å². The van der Waals surface area contributed by atoms with Crippen LogP contribution in [0.4, 0.5) is 0 Å². The Bertz CT molecular complexity index is 86.1. The zero-order valence-corrected chi connectivity index (χ0v) is 5.60. The normalized spacial score (nSPS) is 10.0. The molecule has 0 radical (unpaired) electrons. The first-order valence-electron chi connectivity index (χ1n) is 2.10. The molecular formula is C4H8ClNO2. The zero-order valence-electron chi connectivity index (χ0n) is 4.85. The first-order valence-corrected chi connectivity index (χ1v) is 2.48. The molecule has 0 saturated carbocycles. The predicted octanol–water partition coefficient (Wildman–Crippen LogP) is 0.245. The van der Waals surface area contributed by atoms with Crippen LogP contribution in [-0.2, 0) is 9.63 Å². The second-order valence-electron chi connectivity index (χ2n) is 1.32. The van der Waals surface area contributed by atoms with E-state index in [-0.39, 0.29) is 6.54 Å². The van der Waals surface area contributed by atoms with Crippen LogP contribution in [0.25, 0.3) is 0 Å². The molecule has 0 atom stereocenters. The monoisotopic (exact) mass is 137 g/mol. The van der Waals surface area contributed by atoms with E-state index in [2.05, 4.69) is 4.84 Å². The summed E-state index contributed by atoms with van der Waals surface area (Å²) in [5.74, 6) is 0. The van der Waals surface area contributed by atoms with Crippen LogP contribution in [0.1, 0.15) is 0 Å². The van der Waals surface area contributed by atoms with E-state index in [1.165, 1.54) is 12.2 Å². The molecule has 0 N–H and O–H groups in total. The highest BCUT2D eigenvalue weighted by atomic mass is 35.5. The highest BCUT2D eigenvalue weighted by Crippen LogP contribution is 1.84. The molecule has 0 aromatic heterocycles. The lowest BCUT2D eigenvalue weighted by molar-refractivity contribution is -0.133. The van der Waals surface area contributed by atoms with Gasteiger partial charge < -0.3 is 4.84 Å². The number of nitrogens with zero attached hydrogens (tertiary/aromatic N) is 1. The van der Waals surface area contributed by atoms with Crippen LogP contribution in [0.15, 0.2) is 0 Å². The average molecular weight is 138 g/mol. The SMILES string of the molecule is CON(C)CC(=O)Cl. The van der Waals surface area contributed by atoms with Gasteiger partial charge >= 0.3 is 0 Å². The number of likely N-dealkylation sites (N-methyl/N-ethyl adjacent to an activating group) is 1. The van der Waals surface area contributed by atoms with Crippen LogP contribution >= 0.6 is 11.6 Å². The van der Waals surface area contributed by atoms with E-state index >= 15 is 0 Å². The maximum Gasteiger partial charge on any atom is 0.238 e. The molecule has 0 unspecified atom stereocenters. The zero-order chi connectivity index (χ0) is 6.57. The van der Waals surface area contributed by atoms with Crippen molar-refractivity contribution in [3.8, 4) is 0 Å². The number of hydrogen-bond donors (Lipinski definition) is 0. The van der Waals surface area contributed by atoms with Crippen molar-refractivity contribution < 1.29 is 9.63 Å².